The van der Waals surface area contributed by atoms with Gasteiger partial charge in [0, 0.05) is 23.5 Å². The molecule has 10 heteroatoms. The number of H-pyrrole nitrogens is 1. The smallest absolute Gasteiger partial charge is 0.326 e. The molecular weight excluding hydrogens is 414 g/mol. The Morgan fingerprint density at radius 2 is 1.50 bits per heavy atom. The van der Waals surface area contributed by atoms with Gasteiger partial charge in [-0.1, -0.05) is 32.0 Å². The lowest BCUT2D eigenvalue weighted by Gasteiger charge is -2.22. The second kappa shape index (κ2) is 10.8. The third kappa shape index (κ3) is 6.30. The van der Waals surface area contributed by atoms with Crippen molar-refractivity contribution in [1.29, 1.82) is 0 Å². The van der Waals surface area contributed by atoms with Crippen molar-refractivity contribution in [3.8, 4) is 0 Å². The molecule has 174 valence electrons. The summed E-state index contributed by atoms with van der Waals surface area (Å²) in [6.07, 6.45) is 1.79. The summed E-state index contributed by atoms with van der Waals surface area (Å²) >= 11 is 0. The number of nitrogens with one attached hydrogen (secondary N) is 4. The number of hydrogen-bond donors (Lipinski definition) is 6. The lowest BCUT2D eigenvalue weighted by atomic mass is 10.0. The summed E-state index contributed by atoms with van der Waals surface area (Å²) in [5.74, 6) is -2.99. The number of para-hydroxylation sites is 1. The van der Waals surface area contributed by atoms with Crippen molar-refractivity contribution in [2.45, 2.75) is 58.3 Å². The van der Waals surface area contributed by atoms with E-state index in [1.807, 2.05) is 24.3 Å². The largest absolute Gasteiger partial charge is 0.480 e. The van der Waals surface area contributed by atoms with Crippen molar-refractivity contribution in [3.05, 3.63) is 36.0 Å². The Balaban J connectivity index is 1.96. The second-order valence-electron chi connectivity index (χ2n) is 8.19. The Morgan fingerprint density at radius 3 is 2.09 bits per heavy atom. The zero-order chi connectivity index (χ0) is 24.0. The van der Waals surface area contributed by atoms with Crippen LogP contribution in [-0.4, -0.2) is 57.9 Å². The van der Waals surface area contributed by atoms with Crippen LogP contribution in [0, 0.1) is 5.92 Å². The fourth-order valence-electron chi connectivity index (χ4n) is 3.10. The van der Waals surface area contributed by atoms with E-state index in [2.05, 4.69) is 20.9 Å². The first-order valence-electron chi connectivity index (χ1n) is 10.5. The lowest BCUT2D eigenvalue weighted by Crippen LogP contribution is -2.56. The van der Waals surface area contributed by atoms with Gasteiger partial charge in [-0.05, 0) is 31.4 Å². The third-order valence-electron chi connectivity index (χ3n) is 5.24. The van der Waals surface area contributed by atoms with E-state index in [9.17, 15) is 24.3 Å². The topological polar surface area (TPSA) is 166 Å². The zero-order valence-corrected chi connectivity index (χ0v) is 18.6. The highest BCUT2D eigenvalue weighted by Crippen LogP contribution is 2.19. The van der Waals surface area contributed by atoms with Crippen molar-refractivity contribution >= 4 is 34.6 Å². The number of nitrogens with two attached hydrogens (primary N) is 1. The summed E-state index contributed by atoms with van der Waals surface area (Å²) in [6.45, 7) is 6.49. The number of carboxylic acids is 1. The standard InChI is InChI=1S/C22H31N5O5/c1-11(2)18(23)21(30)26-12(3)19(28)25-13(4)20(29)27-17(22(31)32)9-14-10-24-16-8-6-5-7-15(14)16/h5-8,10-13,17-18,24H,9,23H2,1-4H3,(H,25,28)(H,26,30)(H,27,29)(H,31,32). The predicted molar refractivity (Wildman–Crippen MR) is 120 cm³/mol. The van der Waals surface area contributed by atoms with E-state index in [0.29, 0.717) is 0 Å². The van der Waals surface area contributed by atoms with Crippen molar-refractivity contribution in [2.24, 2.45) is 11.7 Å². The van der Waals surface area contributed by atoms with Crippen LogP contribution in [0.5, 0.6) is 0 Å². The van der Waals surface area contributed by atoms with Gasteiger partial charge in [-0.15, -0.1) is 0 Å². The number of hydrogen-bond acceptors (Lipinski definition) is 5. The molecule has 1 aromatic heterocycles. The molecule has 0 saturated heterocycles. The van der Waals surface area contributed by atoms with E-state index in [4.69, 9.17) is 5.73 Å². The molecular formula is C22H31N5O5. The van der Waals surface area contributed by atoms with Crippen LogP contribution >= 0.6 is 0 Å². The van der Waals surface area contributed by atoms with Crippen LogP contribution in [-0.2, 0) is 25.6 Å². The second-order valence-corrected chi connectivity index (χ2v) is 8.19. The number of benzene rings is 1. The molecule has 7 N–H and O–H groups in total. The van der Waals surface area contributed by atoms with Gasteiger partial charge in [0.05, 0.1) is 6.04 Å². The summed E-state index contributed by atoms with van der Waals surface area (Å²) in [6, 6.07) is 3.59. The number of aliphatic carboxylic acids is 1. The lowest BCUT2D eigenvalue weighted by molar-refractivity contribution is -0.142. The van der Waals surface area contributed by atoms with Crippen molar-refractivity contribution in [2.75, 3.05) is 0 Å². The number of aromatic nitrogens is 1. The van der Waals surface area contributed by atoms with E-state index in [1.54, 1.807) is 20.0 Å². The monoisotopic (exact) mass is 445 g/mol. The maximum absolute atomic E-state index is 12.5. The van der Waals surface area contributed by atoms with Gasteiger partial charge in [-0.2, -0.15) is 0 Å². The van der Waals surface area contributed by atoms with E-state index >= 15 is 0 Å². The molecule has 2 rings (SSSR count). The minimum absolute atomic E-state index is 0.0747. The summed E-state index contributed by atoms with van der Waals surface area (Å²) in [4.78, 5) is 51.7. The van der Waals surface area contributed by atoms with E-state index < -0.39 is 47.9 Å². The fourth-order valence-corrected chi connectivity index (χ4v) is 3.10. The number of amides is 3. The van der Waals surface area contributed by atoms with Crippen LogP contribution < -0.4 is 21.7 Å². The Kier molecular flexibility index (Phi) is 8.36. The van der Waals surface area contributed by atoms with Gasteiger partial charge in [-0.3, -0.25) is 14.4 Å². The van der Waals surface area contributed by atoms with Crippen LogP contribution in [0.15, 0.2) is 30.5 Å². The zero-order valence-electron chi connectivity index (χ0n) is 18.6. The van der Waals surface area contributed by atoms with Crippen LogP contribution in [0.2, 0.25) is 0 Å². The van der Waals surface area contributed by atoms with Crippen molar-refractivity contribution in [1.82, 2.24) is 20.9 Å². The quantitative estimate of drug-likeness (QED) is 0.307. The minimum atomic E-state index is -1.19. The van der Waals surface area contributed by atoms with Gasteiger partial charge >= 0.3 is 5.97 Å². The molecule has 0 radical (unpaired) electrons. The first-order valence-corrected chi connectivity index (χ1v) is 10.5. The van der Waals surface area contributed by atoms with Crippen LogP contribution in [0.25, 0.3) is 10.9 Å². The molecule has 0 saturated carbocycles. The van der Waals surface area contributed by atoms with Crippen molar-refractivity contribution < 1.29 is 24.3 Å². The molecule has 0 aliphatic carbocycles. The molecule has 2 aromatic rings. The molecule has 0 aliphatic heterocycles. The molecule has 1 aromatic carbocycles. The Bertz CT molecular complexity index is 986. The normalized spacial score (nSPS) is 14.9. The number of carboxylic acid groups (broad SMARTS) is 1. The molecule has 0 aliphatic rings. The molecule has 0 fully saturated rings. The maximum Gasteiger partial charge on any atom is 0.326 e. The third-order valence-corrected chi connectivity index (χ3v) is 5.24. The van der Waals surface area contributed by atoms with Gasteiger partial charge in [0.15, 0.2) is 0 Å². The molecule has 10 nitrogen and oxygen atoms in total. The van der Waals surface area contributed by atoms with Gasteiger partial charge < -0.3 is 31.8 Å². The average molecular weight is 446 g/mol. The van der Waals surface area contributed by atoms with Gasteiger partial charge in [0.2, 0.25) is 17.7 Å². The van der Waals surface area contributed by atoms with Crippen LogP contribution in [0.4, 0.5) is 0 Å². The number of aromatic amines is 1. The molecule has 0 bridgehead atoms. The van der Waals surface area contributed by atoms with E-state index in [-0.39, 0.29) is 12.3 Å². The highest BCUT2D eigenvalue weighted by atomic mass is 16.4. The molecule has 4 unspecified atom stereocenters. The first kappa shape index (κ1) is 24.9. The Morgan fingerprint density at radius 1 is 0.938 bits per heavy atom. The SMILES string of the molecule is CC(NC(=O)C(C)NC(=O)C(N)C(C)C)C(=O)NC(Cc1c[nH]c2ccccc12)C(=O)O. The summed E-state index contributed by atoms with van der Waals surface area (Å²) in [5, 5.41) is 17.9. The van der Waals surface area contributed by atoms with Gasteiger partial charge in [0.25, 0.3) is 0 Å². The molecule has 4 atom stereocenters. The number of carbonyl (C=O) groups excluding carboxylic acids is 3. The van der Waals surface area contributed by atoms with E-state index in [1.165, 1.54) is 13.8 Å². The summed E-state index contributed by atoms with van der Waals surface area (Å²) in [5.41, 5.74) is 7.39. The predicted octanol–water partition coefficient (Wildman–Crippen LogP) is 0.273. The highest BCUT2D eigenvalue weighted by molar-refractivity contribution is 5.94. The molecule has 3 amide bonds. The van der Waals surface area contributed by atoms with Gasteiger partial charge in [0.1, 0.15) is 18.1 Å². The van der Waals surface area contributed by atoms with Crippen molar-refractivity contribution in [3.63, 3.8) is 0 Å². The summed E-state index contributed by atoms with van der Waals surface area (Å²) in [7, 11) is 0. The highest BCUT2D eigenvalue weighted by Gasteiger charge is 2.27. The molecule has 32 heavy (non-hydrogen) atoms. The average Bonchev–Trinajstić information content (AvgIpc) is 3.15. The Labute approximate surface area is 186 Å². The Hall–Kier alpha value is -3.40. The maximum atomic E-state index is 12.5. The molecule has 0 spiro atoms. The van der Waals surface area contributed by atoms with E-state index in [0.717, 1.165) is 16.5 Å². The van der Waals surface area contributed by atoms with Gasteiger partial charge in [-0.25, -0.2) is 4.79 Å². The number of fused-ring (bicyclic) bond motifs is 1. The van der Waals surface area contributed by atoms with Crippen LogP contribution in [0.1, 0.15) is 33.3 Å². The first-order chi connectivity index (χ1) is 15.0. The number of rotatable bonds is 10. The molecule has 1 heterocycles. The summed E-state index contributed by atoms with van der Waals surface area (Å²) < 4.78 is 0. The minimum Gasteiger partial charge on any atom is -0.480 e. The number of carbonyl (C=O) groups is 4. The van der Waals surface area contributed by atoms with Crippen LogP contribution in [0.3, 0.4) is 0 Å². The fraction of sp³-hybridized carbons (Fsp3) is 0.455.